The third-order valence-electron chi connectivity index (χ3n) is 13.1. The van der Waals surface area contributed by atoms with Crippen LogP contribution < -0.4 is 0 Å². The van der Waals surface area contributed by atoms with Crippen LogP contribution >= 0.6 is 0 Å². The molecule has 368 valence electrons. The molecule has 0 aromatic carbocycles. The van der Waals surface area contributed by atoms with Gasteiger partial charge in [0.15, 0.2) is 6.10 Å². The number of hydrogen-bond acceptors (Lipinski definition) is 6. The molecule has 0 aromatic rings. The number of carbonyl (C=O) groups excluding carboxylic acids is 3. The van der Waals surface area contributed by atoms with E-state index in [0.29, 0.717) is 19.3 Å². The Morgan fingerprint density at radius 1 is 0.339 bits per heavy atom. The summed E-state index contributed by atoms with van der Waals surface area (Å²) in [6, 6.07) is 0. The minimum absolute atomic E-state index is 0.0634. The number of carbonyl (C=O) groups is 3. The van der Waals surface area contributed by atoms with Gasteiger partial charge in [0.25, 0.3) is 0 Å². The fraction of sp³-hybridized carbons (Fsp3) is 0.946. The predicted octanol–water partition coefficient (Wildman–Crippen LogP) is 18.1. The molecule has 6 nitrogen and oxygen atoms in total. The standard InChI is InChI=1S/C56H108O6/c1-6-8-9-10-11-12-13-14-15-20-23-26-33-38-43-48-56(59)62-53(50-61-55(58)47-42-37-32-28-27-29-34-39-44-51(3)4)49-60-54(57)46-41-36-31-25-22-19-17-16-18-21-24-30-35-40-45-52(5)7-2/h51-53H,6-50H2,1-5H3/t52?,53-/m1/s1. The van der Waals surface area contributed by atoms with Gasteiger partial charge in [-0.15, -0.1) is 0 Å². The van der Waals surface area contributed by atoms with Crippen LogP contribution in [0.4, 0.5) is 0 Å². The van der Waals surface area contributed by atoms with Crippen LogP contribution in [-0.4, -0.2) is 37.2 Å². The topological polar surface area (TPSA) is 78.9 Å². The Balaban J connectivity index is 4.28. The lowest BCUT2D eigenvalue weighted by atomic mass is 9.99. The van der Waals surface area contributed by atoms with Gasteiger partial charge in [-0.2, -0.15) is 0 Å². The van der Waals surface area contributed by atoms with Gasteiger partial charge >= 0.3 is 17.9 Å². The summed E-state index contributed by atoms with van der Waals surface area (Å²) in [5.74, 6) is 0.848. The Kier molecular flexibility index (Phi) is 47.6. The summed E-state index contributed by atoms with van der Waals surface area (Å²) in [6.45, 7) is 11.4. The zero-order valence-corrected chi connectivity index (χ0v) is 42.5. The van der Waals surface area contributed by atoms with Crippen molar-refractivity contribution in [1.82, 2.24) is 0 Å². The maximum Gasteiger partial charge on any atom is 0.306 e. The molecular weight excluding hydrogens is 769 g/mol. The fourth-order valence-corrected chi connectivity index (χ4v) is 8.49. The SMILES string of the molecule is CCCCCCCCCCCCCCCCCC(=O)O[C@H](COC(=O)CCCCCCCCCCCCCCCCC(C)CC)COC(=O)CCCCCCCCCCC(C)C. The molecule has 0 aliphatic heterocycles. The highest BCUT2D eigenvalue weighted by molar-refractivity contribution is 5.71. The molecule has 0 saturated heterocycles. The van der Waals surface area contributed by atoms with Crippen molar-refractivity contribution >= 4 is 17.9 Å². The average molecular weight is 877 g/mol. The van der Waals surface area contributed by atoms with Gasteiger partial charge < -0.3 is 14.2 Å². The third kappa shape index (κ3) is 47.9. The van der Waals surface area contributed by atoms with E-state index in [1.165, 1.54) is 199 Å². The van der Waals surface area contributed by atoms with Gasteiger partial charge in [0.1, 0.15) is 13.2 Å². The molecule has 0 heterocycles. The van der Waals surface area contributed by atoms with E-state index >= 15 is 0 Å². The summed E-state index contributed by atoms with van der Waals surface area (Å²) in [4.78, 5) is 38.0. The van der Waals surface area contributed by atoms with Gasteiger partial charge in [-0.05, 0) is 31.1 Å². The summed E-state index contributed by atoms with van der Waals surface area (Å²) >= 11 is 0. The zero-order valence-electron chi connectivity index (χ0n) is 42.5. The second-order valence-corrected chi connectivity index (χ2v) is 19.9. The highest BCUT2D eigenvalue weighted by Crippen LogP contribution is 2.18. The summed E-state index contributed by atoms with van der Waals surface area (Å²) < 4.78 is 16.8. The van der Waals surface area contributed by atoms with E-state index < -0.39 is 6.10 Å². The third-order valence-corrected chi connectivity index (χ3v) is 13.1. The fourth-order valence-electron chi connectivity index (χ4n) is 8.49. The van der Waals surface area contributed by atoms with Crippen molar-refractivity contribution in [3.8, 4) is 0 Å². The van der Waals surface area contributed by atoms with Crippen LogP contribution in [0.1, 0.15) is 311 Å². The van der Waals surface area contributed by atoms with Gasteiger partial charge in [0.05, 0.1) is 0 Å². The first-order valence-electron chi connectivity index (χ1n) is 27.8. The van der Waals surface area contributed by atoms with Gasteiger partial charge in [0.2, 0.25) is 0 Å². The molecule has 0 radical (unpaired) electrons. The summed E-state index contributed by atoms with van der Waals surface area (Å²) in [5.41, 5.74) is 0. The van der Waals surface area contributed by atoms with Crippen LogP contribution in [-0.2, 0) is 28.6 Å². The van der Waals surface area contributed by atoms with Crippen LogP contribution in [0, 0.1) is 11.8 Å². The van der Waals surface area contributed by atoms with E-state index in [2.05, 4.69) is 34.6 Å². The van der Waals surface area contributed by atoms with Crippen LogP contribution in [0.5, 0.6) is 0 Å². The Morgan fingerprint density at radius 3 is 0.919 bits per heavy atom. The summed E-state index contributed by atoms with van der Waals surface area (Å²) in [6.07, 6.45) is 50.9. The maximum absolute atomic E-state index is 12.8. The molecule has 0 bridgehead atoms. The second-order valence-electron chi connectivity index (χ2n) is 19.9. The maximum atomic E-state index is 12.8. The van der Waals surface area contributed by atoms with Gasteiger partial charge in [-0.1, -0.05) is 272 Å². The van der Waals surface area contributed by atoms with Gasteiger partial charge in [-0.3, -0.25) is 14.4 Å². The Hall–Kier alpha value is -1.59. The van der Waals surface area contributed by atoms with Crippen LogP contribution in [0.15, 0.2) is 0 Å². The summed E-state index contributed by atoms with van der Waals surface area (Å²) in [7, 11) is 0. The monoisotopic (exact) mass is 877 g/mol. The van der Waals surface area contributed by atoms with Crippen molar-refractivity contribution in [3.63, 3.8) is 0 Å². The highest BCUT2D eigenvalue weighted by atomic mass is 16.6. The summed E-state index contributed by atoms with van der Waals surface area (Å²) in [5, 5.41) is 0. The molecule has 0 aliphatic carbocycles. The molecule has 0 rings (SSSR count). The largest absolute Gasteiger partial charge is 0.462 e. The van der Waals surface area contributed by atoms with Crippen molar-refractivity contribution in [2.75, 3.05) is 13.2 Å². The van der Waals surface area contributed by atoms with Gasteiger partial charge in [0, 0.05) is 19.3 Å². The first kappa shape index (κ1) is 60.4. The number of unbranched alkanes of at least 4 members (excludes halogenated alkanes) is 34. The van der Waals surface area contributed by atoms with Crippen LogP contribution in [0.2, 0.25) is 0 Å². The molecule has 0 aromatic heterocycles. The minimum atomic E-state index is -0.762. The lowest BCUT2D eigenvalue weighted by Crippen LogP contribution is -2.30. The van der Waals surface area contributed by atoms with Gasteiger partial charge in [-0.25, -0.2) is 0 Å². The van der Waals surface area contributed by atoms with Crippen LogP contribution in [0.3, 0.4) is 0 Å². The molecule has 0 spiro atoms. The number of ether oxygens (including phenoxy) is 3. The molecule has 2 atom stereocenters. The Bertz CT molecular complexity index is 949. The molecule has 0 aliphatic rings. The van der Waals surface area contributed by atoms with E-state index in [4.69, 9.17) is 14.2 Å². The van der Waals surface area contributed by atoms with E-state index in [0.717, 1.165) is 69.6 Å². The average Bonchev–Trinajstić information content (AvgIpc) is 3.26. The quantitative estimate of drug-likeness (QED) is 0.0344. The van der Waals surface area contributed by atoms with E-state index in [9.17, 15) is 14.4 Å². The number of hydrogen-bond donors (Lipinski definition) is 0. The van der Waals surface area contributed by atoms with Crippen molar-refractivity contribution < 1.29 is 28.6 Å². The minimum Gasteiger partial charge on any atom is -0.462 e. The molecule has 6 heteroatoms. The smallest absolute Gasteiger partial charge is 0.306 e. The lowest BCUT2D eigenvalue weighted by molar-refractivity contribution is -0.167. The highest BCUT2D eigenvalue weighted by Gasteiger charge is 2.19. The zero-order chi connectivity index (χ0) is 45.4. The normalized spacial score (nSPS) is 12.5. The van der Waals surface area contributed by atoms with E-state index in [-0.39, 0.29) is 31.1 Å². The predicted molar refractivity (Wildman–Crippen MR) is 266 cm³/mol. The molecule has 62 heavy (non-hydrogen) atoms. The van der Waals surface area contributed by atoms with Crippen LogP contribution in [0.25, 0.3) is 0 Å². The Morgan fingerprint density at radius 2 is 0.613 bits per heavy atom. The molecule has 0 fully saturated rings. The van der Waals surface area contributed by atoms with Crippen molar-refractivity contribution in [3.05, 3.63) is 0 Å². The number of esters is 3. The van der Waals surface area contributed by atoms with E-state index in [1.807, 2.05) is 0 Å². The lowest BCUT2D eigenvalue weighted by Gasteiger charge is -2.18. The van der Waals surface area contributed by atoms with E-state index in [1.54, 1.807) is 0 Å². The molecule has 0 saturated carbocycles. The molecule has 0 amide bonds. The van der Waals surface area contributed by atoms with Crippen molar-refractivity contribution in [2.24, 2.45) is 11.8 Å². The molecule has 0 N–H and O–H groups in total. The van der Waals surface area contributed by atoms with Crippen molar-refractivity contribution in [2.45, 2.75) is 317 Å². The van der Waals surface area contributed by atoms with Crippen molar-refractivity contribution in [1.29, 1.82) is 0 Å². The Labute approximate surface area is 387 Å². The number of rotatable bonds is 50. The molecule has 1 unspecified atom stereocenters. The second kappa shape index (κ2) is 48.9. The molecular formula is C56H108O6. The first-order valence-corrected chi connectivity index (χ1v) is 27.8. The first-order chi connectivity index (χ1) is 30.3.